The molecule has 0 fully saturated rings. The molecule has 0 aliphatic carbocycles. The van der Waals surface area contributed by atoms with Gasteiger partial charge < -0.3 is 14.4 Å². The summed E-state index contributed by atoms with van der Waals surface area (Å²) < 4.78 is 6.78. The van der Waals surface area contributed by atoms with Crippen LogP contribution in [0.2, 0.25) is 0 Å². The van der Waals surface area contributed by atoms with Gasteiger partial charge in [-0.15, -0.1) is 10.2 Å². The molecule has 0 saturated heterocycles. The number of nitrogens with one attached hydrogen (secondary N) is 1. The summed E-state index contributed by atoms with van der Waals surface area (Å²) in [6.45, 7) is 5.88. The number of amides is 1. The fourth-order valence-electron chi connectivity index (χ4n) is 1.69. The molecule has 2 heterocycles. The van der Waals surface area contributed by atoms with E-state index in [0.717, 1.165) is 11.0 Å². The molecule has 2 aromatic rings. The first-order valence-electron chi connectivity index (χ1n) is 6.22. The van der Waals surface area contributed by atoms with Gasteiger partial charge in [-0.25, -0.2) is 0 Å². The van der Waals surface area contributed by atoms with E-state index in [1.807, 2.05) is 11.6 Å². The summed E-state index contributed by atoms with van der Waals surface area (Å²) in [5.41, 5.74) is 0. The van der Waals surface area contributed by atoms with Gasteiger partial charge in [-0.05, 0) is 6.92 Å². The van der Waals surface area contributed by atoms with Crippen LogP contribution in [0, 0.1) is 6.92 Å². The maximum Gasteiger partial charge on any atom is 0.236 e. The highest BCUT2D eigenvalue weighted by atomic mass is 32.2. The van der Waals surface area contributed by atoms with Crippen molar-refractivity contribution in [1.82, 2.24) is 19.9 Å². The lowest BCUT2D eigenvalue weighted by Crippen LogP contribution is -2.14. The maximum atomic E-state index is 11.8. The van der Waals surface area contributed by atoms with Crippen LogP contribution in [0.5, 0.6) is 0 Å². The first-order valence-corrected chi connectivity index (χ1v) is 7.21. The third-order valence-corrected chi connectivity index (χ3v) is 3.63. The lowest BCUT2D eigenvalue weighted by atomic mass is 10.2. The summed E-state index contributed by atoms with van der Waals surface area (Å²) in [5, 5.41) is 15.3. The Labute approximate surface area is 121 Å². The summed E-state index contributed by atoms with van der Waals surface area (Å²) in [6, 6.07) is 1.67. The molecule has 20 heavy (non-hydrogen) atoms. The van der Waals surface area contributed by atoms with Crippen LogP contribution < -0.4 is 5.32 Å². The number of anilines is 1. The second kappa shape index (κ2) is 6.08. The van der Waals surface area contributed by atoms with Crippen molar-refractivity contribution in [1.29, 1.82) is 0 Å². The predicted octanol–water partition coefficient (Wildman–Crippen LogP) is 1.97. The number of thioether (sulfide) groups is 1. The number of aromatic nitrogens is 4. The maximum absolute atomic E-state index is 11.8. The lowest BCUT2D eigenvalue weighted by Gasteiger charge is -2.05. The normalized spacial score (nSPS) is 11.1. The van der Waals surface area contributed by atoms with Gasteiger partial charge in [0, 0.05) is 19.0 Å². The fraction of sp³-hybridized carbons (Fsp3) is 0.500. The Balaban J connectivity index is 1.90. The minimum atomic E-state index is -0.155. The third kappa shape index (κ3) is 3.38. The van der Waals surface area contributed by atoms with Crippen LogP contribution in [0.25, 0.3) is 0 Å². The number of rotatable bonds is 5. The van der Waals surface area contributed by atoms with E-state index in [2.05, 4.69) is 34.5 Å². The zero-order valence-electron chi connectivity index (χ0n) is 11.9. The molecule has 0 bridgehead atoms. The van der Waals surface area contributed by atoms with Crippen molar-refractivity contribution in [3.63, 3.8) is 0 Å². The zero-order chi connectivity index (χ0) is 14.7. The molecular weight excluding hydrogens is 278 g/mol. The quantitative estimate of drug-likeness (QED) is 0.849. The Morgan fingerprint density at radius 3 is 2.80 bits per heavy atom. The summed E-state index contributed by atoms with van der Waals surface area (Å²) in [6.07, 6.45) is 0. The average molecular weight is 295 g/mol. The molecule has 0 aliphatic heterocycles. The second-order valence-corrected chi connectivity index (χ2v) is 5.66. The molecule has 8 heteroatoms. The van der Waals surface area contributed by atoms with Gasteiger partial charge in [-0.1, -0.05) is 30.8 Å². The average Bonchev–Trinajstić information content (AvgIpc) is 2.93. The van der Waals surface area contributed by atoms with Crippen LogP contribution in [-0.2, 0) is 11.8 Å². The van der Waals surface area contributed by atoms with Crippen LogP contribution in [0.15, 0.2) is 15.7 Å². The van der Waals surface area contributed by atoms with Gasteiger partial charge >= 0.3 is 0 Å². The molecule has 0 saturated carbocycles. The standard InChI is InChI=1S/C12H17N5O2S/c1-7(2)11-14-15-12(17(11)4)20-6-10(18)13-9-5-8(3)19-16-9/h5,7H,6H2,1-4H3,(H,13,16,18). The number of carbonyl (C=O) groups excluding carboxylic acids is 1. The van der Waals surface area contributed by atoms with Crippen molar-refractivity contribution < 1.29 is 9.32 Å². The van der Waals surface area contributed by atoms with E-state index in [1.54, 1.807) is 13.0 Å². The Kier molecular flexibility index (Phi) is 4.43. The van der Waals surface area contributed by atoms with Crippen LogP contribution in [0.3, 0.4) is 0 Å². The highest BCUT2D eigenvalue weighted by molar-refractivity contribution is 7.99. The topological polar surface area (TPSA) is 85.8 Å². The van der Waals surface area contributed by atoms with Gasteiger partial charge in [0.2, 0.25) is 5.91 Å². The van der Waals surface area contributed by atoms with Crippen molar-refractivity contribution in [3.05, 3.63) is 17.7 Å². The number of aryl methyl sites for hydroxylation is 1. The molecule has 2 rings (SSSR count). The summed E-state index contributed by atoms with van der Waals surface area (Å²) in [4.78, 5) is 11.8. The minimum absolute atomic E-state index is 0.155. The van der Waals surface area contributed by atoms with Crippen molar-refractivity contribution >= 4 is 23.5 Å². The summed E-state index contributed by atoms with van der Waals surface area (Å²) in [7, 11) is 1.90. The molecule has 1 amide bonds. The molecule has 0 radical (unpaired) electrons. The van der Waals surface area contributed by atoms with Gasteiger partial charge in [0.1, 0.15) is 11.6 Å². The number of carbonyl (C=O) groups is 1. The van der Waals surface area contributed by atoms with Crippen LogP contribution >= 0.6 is 11.8 Å². The summed E-state index contributed by atoms with van der Waals surface area (Å²) in [5.74, 6) is 2.37. The molecule has 0 atom stereocenters. The second-order valence-electron chi connectivity index (χ2n) is 4.71. The molecule has 1 N–H and O–H groups in total. The molecule has 7 nitrogen and oxygen atoms in total. The van der Waals surface area contributed by atoms with E-state index in [1.165, 1.54) is 11.8 Å². The van der Waals surface area contributed by atoms with Gasteiger partial charge in [-0.3, -0.25) is 4.79 Å². The number of hydrogen-bond donors (Lipinski definition) is 1. The van der Waals surface area contributed by atoms with E-state index < -0.39 is 0 Å². The minimum Gasteiger partial charge on any atom is -0.360 e. The molecule has 0 unspecified atom stereocenters. The monoisotopic (exact) mass is 295 g/mol. The van der Waals surface area contributed by atoms with Crippen LogP contribution in [0.4, 0.5) is 5.82 Å². The van der Waals surface area contributed by atoms with Crippen molar-refractivity contribution in [2.75, 3.05) is 11.1 Å². The number of hydrogen-bond acceptors (Lipinski definition) is 6. The van der Waals surface area contributed by atoms with Crippen molar-refractivity contribution in [2.24, 2.45) is 7.05 Å². The van der Waals surface area contributed by atoms with E-state index in [0.29, 0.717) is 17.5 Å². The van der Waals surface area contributed by atoms with E-state index in [4.69, 9.17) is 4.52 Å². The predicted molar refractivity (Wildman–Crippen MR) is 75.7 cm³/mol. The van der Waals surface area contributed by atoms with Gasteiger partial charge in [0.05, 0.1) is 5.75 Å². The zero-order valence-corrected chi connectivity index (χ0v) is 12.7. The Morgan fingerprint density at radius 1 is 1.50 bits per heavy atom. The highest BCUT2D eigenvalue weighted by Gasteiger charge is 2.14. The lowest BCUT2D eigenvalue weighted by molar-refractivity contribution is -0.113. The first kappa shape index (κ1) is 14.6. The van der Waals surface area contributed by atoms with Gasteiger partial charge in [0.25, 0.3) is 0 Å². The Hall–Kier alpha value is -1.83. The molecule has 108 valence electrons. The highest BCUT2D eigenvalue weighted by Crippen LogP contribution is 2.19. The summed E-state index contributed by atoms with van der Waals surface area (Å²) >= 11 is 1.34. The van der Waals surface area contributed by atoms with Crippen molar-refractivity contribution in [2.45, 2.75) is 31.8 Å². The molecule has 0 aliphatic rings. The van der Waals surface area contributed by atoms with Gasteiger partial charge in [0.15, 0.2) is 11.0 Å². The molecule has 0 aromatic carbocycles. The molecule has 2 aromatic heterocycles. The smallest absolute Gasteiger partial charge is 0.236 e. The van der Waals surface area contributed by atoms with E-state index in [9.17, 15) is 4.79 Å². The van der Waals surface area contributed by atoms with E-state index in [-0.39, 0.29) is 11.7 Å². The van der Waals surface area contributed by atoms with Crippen molar-refractivity contribution in [3.8, 4) is 0 Å². The number of nitrogens with zero attached hydrogens (tertiary/aromatic N) is 4. The van der Waals surface area contributed by atoms with Gasteiger partial charge in [-0.2, -0.15) is 0 Å². The molecule has 0 spiro atoms. The van der Waals surface area contributed by atoms with Crippen LogP contribution in [0.1, 0.15) is 31.4 Å². The Bertz CT molecular complexity index is 605. The van der Waals surface area contributed by atoms with Crippen LogP contribution in [-0.4, -0.2) is 31.6 Å². The van der Waals surface area contributed by atoms with E-state index >= 15 is 0 Å². The fourth-order valence-corrected chi connectivity index (χ4v) is 2.41. The largest absolute Gasteiger partial charge is 0.360 e. The first-order chi connectivity index (χ1) is 9.47. The Morgan fingerprint density at radius 2 is 2.25 bits per heavy atom. The molecular formula is C12H17N5O2S. The third-order valence-electron chi connectivity index (χ3n) is 2.61. The SMILES string of the molecule is Cc1cc(NC(=O)CSc2nnc(C(C)C)n2C)no1.